The molecule has 390 valence electrons. The average Bonchev–Trinajstić information content (AvgIpc) is 4.05. The third-order valence-corrected chi connectivity index (χ3v) is 14.3. The zero-order valence-corrected chi connectivity index (χ0v) is 42.3. The molecular formula is C40H66N14O14P2. The Labute approximate surface area is 402 Å². The molecule has 4 heterocycles. The van der Waals surface area contributed by atoms with Crippen LogP contribution >= 0.6 is 14.9 Å². The maximum Gasteiger partial charge on any atom is 0.323 e. The van der Waals surface area contributed by atoms with Gasteiger partial charge in [0.15, 0.2) is 22.3 Å². The van der Waals surface area contributed by atoms with Crippen LogP contribution < -0.4 is 42.9 Å². The molecule has 10 N–H and O–H groups in total. The molecule has 0 aromatic carbocycles. The number of esters is 4. The number of nitrogen functional groups attached to an aromatic ring is 2. The first-order chi connectivity index (χ1) is 33.1. The molecule has 6 atom stereocenters. The van der Waals surface area contributed by atoms with Gasteiger partial charge in [-0.15, -0.1) is 0 Å². The van der Waals surface area contributed by atoms with Gasteiger partial charge in [-0.2, -0.15) is 9.97 Å². The Morgan fingerprint density at radius 3 is 1.44 bits per heavy atom. The Kier molecular flexibility index (Phi) is 21.6. The smallest absolute Gasteiger partial charge is 0.323 e. The summed E-state index contributed by atoms with van der Waals surface area (Å²) in [7, 11) is -7.23. The van der Waals surface area contributed by atoms with Crippen LogP contribution in [0.2, 0.25) is 0 Å². The first kappa shape index (κ1) is 57.0. The van der Waals surface area contributed by atoms with Crippen molar-refractivity contribution in [3.8, 4) is 0 Å². The Balaban J connectivity index is 0.000000305. The van der Waals surface area contributed by atoms with Crippen molar-refractivity contribution in [3.05, 3.63) is 33.4 Å². The van der Waals surface area contributed by atoms with Gasteiger partial charge in [0, 0.05) is 13.1 Å². The molecule has 4 aromatic heterocycles. The summed E-state index contributed by atoms with van der Waals surface area (Å²) in [5.74, 6) is -2.39. The summed E-state index contributed by atoms with van der Waals surface area (Å²) in [6.45, 7) is 13.7. The summed E-state index contributed by atoms with van der Waals surface area (Å²) >= 11 is 0. The lowest BCUT2D eigenvalue weighted by Gasteiger charge is -2.26. The highest BCUT2D eigenvalue weighted by Crippen LogP contribution is 2.39. The molecule has 0 aliphatic heterocycles. The van der Waals surface area contributed by atoms with Gasteiger partial charge in [0.2, 0.25) is 26.8 Å². The van der Waals surface area contributed by atoms with E-state index in [0.29, 0.717) is 5.65 Å². The molecule has 0 radical (unpaired) electrons. The number of hydrogen-bond donors (Lipinski definition) is 8. The zero-order chi connectivity index (χ0) is 51.8. The Morgan fingerprint density at radius 1 is 0.671 bits per heavy atom. The van der Waals surface area contributed by atoms with Crippen molar-refractivity contribution in [1.29, 1.82) is 0 Å². The first-order valence-corrected chi connectivity index (χ1v) is 26.5. The van der Waals surface area contributed by atoms with Gasteiger partial charge in [0.25, 0.3) is 11.1 Å². The maximum atomic E-state index is 13.7. The van der Waals surface area contributed by atoms with Crippen molar-refractivity contribution in [2.24, 2.45) is 0 Å². The molecule has 5 rings (SSSR count). The molecule has 0 spiro atoms. The van der Waals surface area contributed by atoms with E-state index in [0.717, 1.165) is 25.7 Å². The molecule has 70 heavy (non-hydrogen) atoms. The standard InChI is InChI=1S/C21H34N7O7P.C19H32N7O7P/c1-4-34-19(30)13(2)26-36(32,27-14(3)20(31)35-15-7-5-6-8-15)12-33-10-9-28-11-23-16-17(28)24-21(22)25-18(16)29;1-6-32-17(28)12(4)24-34(30,25-13(5)18(29)33-11(2)3)10-31-8-7-26-9-21-14-15(26)22-19(20)23-16(14)27/h11,13-15H,4-10,12H2,1-3H3,(H2,26,27,32)(H3,22,24,25,29);9,11-13H,6-8,10H2,1-5H3,(H2,24,25,30)(H3,20,22,23,27)/t13-,14-,36?;12-,13+,34?/m11/s1. The van der Waals surface area contributed by atoms with E-state index in [9.17, 15) is 37.9 Å². The molecule has 28 nitrogen and oxygen atoms in total. The van der Waals surface area contributed by atoms with Gasteiger partial charge in [0.05, 0.1) is 45.2 Å². The van der Waals surface area contributed by atoms with E-state index in [2.05, 4.69) is 50.3 Å². The van der Waals surface area contributed by atoms with E-state index >= 15 is 0 Å². The van der Waals surface area contributed by atoms with Crippen molar-refractivity contribution in [2.45, 2.75) is 131 Å². The lowest BCUT2D eigenvalue weighted by molar-refractivity contribution is -0.150. The van der Waals surface area contributed by atoms with E-state index in [-0.39, 0.29) is 93.0 Å². The Morgan fingerprint density at radius 2 is 1.06 bits per heavy atom. The SMILES string of the molecule is CCOC(=O)[C@@H](C)NP(=O)(COCCn1cnc2c(=O)[nH]c(N)nc21)N[C@@H](C)C(=O)OC(C)C.CCOC(=O)[C@@H](C)NP(=O)(COCCn1cnc2c(=O)[nH]c(N)nc21)N[C@H](C)C(=O)OC1CCCC1. The number of H-pyrrole nitrogens is 2. The largest absolute Gasteiger partial charge is 0.465 e. The highest BCUT2D eigenvalue weighted by Gasteiger charge is 2.34. The van der Waals surface area contributed by atoms with Gasteiger partial charge < -0.3 is 49.0 Å². The third kappa shape index (κ3) is 17.1. The minimum atomic E-state index is -3.62. The molecule has 0 saturated heterocycles. The van der Waals surface area contributed by atoms with Crippen LogP contribution in [-0.4, -0.2) is 138 Å². The molecule has 1 aliphatic rings. The minimum Gasteiger partial charge on any atom is -0.465 e. The predicted molar refractivity (Wildman–Crippen MR) is 255 cm³/mol. The summed E-state index contributed by atoms with van der Waals surface area (Å²) in [5, 5.41) is 10.9. The van der Waals surface area contributed by atoms with Gasteiger partial charge >= 0.3 is 23.9 Å². The second-order valence-corrected chi connectivity index (χ2v) is 20.9. The van der Waals surface area contributed by atoms with Gasteiger partial charge in [0.1, 0.15) is 43.0 Å². The number of rotatable bonds is 26. The van der Waals surface area contributed by atoms with Crippen LogP contribution in [0.1, 0.15) is 81.1 Å². The van der Waals surface area contributed by atoms with Crippen molar-refractivity contribution in [3.63, 3.8) is 0 Å². The number of carbonyl (C=O) groups is 4. The number of fused-ring (bicyclic) bond motifs is 2. The molecule has 0 bridgehead atoms. The van der Waals surface area contributed by atoms with Crippen molar-refractivity contribution < 1.29 is 56.7 Å². The van der Waals surface area contributed by atoms with Crippen LogP contribution in [0.25, 0.3) is 22.3 Å². The summed E-state index contributed by atoms with van der Waals surface area (Å²) in [6, 6.07) is -3.68. The second kappa shape index (κ2) is 26.6. The number of nitrogens with two attached hydrogens (primary N) is 2. The third-order valence-electron chi connectivity index (χ3n) is 10.0. The fourth-order valence-electron chi connectivity index (χ4n) is 6.81. The Hall–Kier alpha value is -5.60. The van der Waals surface area contributed by atoms with Crippen molar-refractivity contribution >= 4 is 73.0 Å². The Bertz CT molecular complexity index is 2610. The number of ether oxygens (including phenoxy) is 6. The maximum absolute atomic E-state index is 13.7. The molecule has 1 saturated carbocycles. The molecular weight excluding hydrogens is 962 g/mol. The van der Waals surface area contributed by atoms with Crippen LogP contribution in [0, 0.1) is 0 Å². The lowest BCUT2D eigenvalue weighted by atomic mass is 10.3. The van der Waals surface area contributed by atoms with E-state index in [1.807, 2.05) is 0 Å². The normalized spacial score (nSPS) is 16.4. The van der Waals surface area contributed by atoms with Gasteiger partial charge in [-0.3, -0.25) is 47.9 Å². The fourth-order valence-corrected chi connectivity index (χ4v) is 11.0. The van der Waals surface area contributed by atoms with Gasteiger partial charge in [-0.25, -0.2) is 30.3 Å². The highest BCUT2D eigenvalue weighted by molar-refractivity contribution is 7.60. The lowest BCUT2D eigenvalue weighted by Crippen LogP contribution is -2.43. The summed E-state index contributed by atoms with van der Waals surface area (Å²) in [5.41, 5.74) is 11.1. The topological polar surface area (TPSA) is 385 Å². The van der Waals surface area contributed by atoms with Crippen LogP contribution in [0.15, 0.2) is 22.2 Å². The minimum absolute atomic E-state index is 0.0421. The number of carbonyl (C=O) groups excluding carboxylic acids is 4. The summed E-state index contributed by atoms with van der Waals surface area (Å²) in [6.07, 6.45) is 5.32. The first-order valence-electron chi connectivity index (χ1n) is 22.7. The zero-order valence-electron chi connectivity index (χ0n) is 40.6. The number of hydrogen-bond acceptors (Lipinski definition) is 20. The summed E-state index contributed by atoms with van der Waals surface area (Å²) in [4.78, 5) is 93.6. The average molecular weight is 1030 g/mol. The molecule has 30 heteroatoms. The molecule has 4 aromatic rings. The van der Waals surface area contributed by atoms with Crippen LogP contribution in [-0.2, 0) is 69.8 Å². The van der Waals surface area contributed by atoms with Gasteiger partial charge in [-0.1, -0.05) is 0 Å². The molecule has 1 aliphatic carbocycles. The number of nitrogens with one attached hydrogen (secondary N) is 6. The quantitative estimate of drug-likeness (QED) is 0.0190. The van der Waals surface area contributed by atoms with Crippen LogP contribution in [0.4, 0.5) is 11.9 Å². The van der Waals surface area contributed by atoms with E-state index in [1.165, 1.54) is 33.4 Å². The van der Waals surface area contributed by atoms with E-state index in [4.69, 9.17) is 39.9 Å². The number of anilines is 2. The highest BCUT2D eigenvalue weighted by atomic mass is 31.2. The summed E-state index contributed by atoms with van der Waals surface area (Å²) < 4.78 is 62.2. The van der Waals surface area contributed by atoms with Crippen LogP contribution in [0.5, 0.6) is 0 Å². The second-order valence-electron chi connectivity index (χ2n) is 16.4. The number of aromatic nitrogens is 8. The van der Waals surface area contributed by atoms with E-state index < -0.39 is 74.0 Å². The number of imidazole rings is 2. The predicted octanol–water partition coefficient (Wildman–Crippen LogP) is 1.21. The monoisotopic (exact) mass is 1030 g/mol. The molecule has 1 fully saturated rings. The van der Waals surface area contributed by atoms with Crippen molar-refractivity contribution in [2.75, 3.05) is 50.6 Å². The van der Waals surface area contributed by atoms with Crippen molar-refractivity contribution in [1.82, 2.24) is 59.4 Å². The fraction of sp³-hybridized carbons (Fsp3) is 0.650. The number of aromatic amines is 2. The van der Waals surface area contributed by atoms with Crippen LogP contribution in [0.3, 0.4) is 0 Å². The van der Waals surface area contributed by atoms with E-state index in [1.54, 1.807) is 43.8 Å². The molecule has 0 amide bonds. The number of nitrogens with zero attached hydrogens (tertiary/aromatic N) is 6. The molecule has 2 unspecified atom stereocenters. The van der Waals surface area contributed by atoms with Gasteiger partial charge in [-0.05, 0) is 81.1 Å².